The van der Waals surface area contributed by atoms with E-state index in [4.69, 9.17) is 10.00 Å². The number of benzene rings is 2. The third kappa shape index (κ3) is 4.61. The number of imide groups is 1. The summed E-state index contributed by atoms with van der Waals surface area (Å²) in [6.45, 7) is 0.542. The summed E-state index contributed by atoms with van der Waals surface area (Å²) in [5.74, 6) is 0.537. The van der Waals surface area contributed by atoms with E-state index in [1.165, 1.54) is 0 Å². The van der Waals surface area contributed by atoms with Crippen LogP contribution >= 0.6 is 11.8 Å². The molecule has 1 fully saturated rings. The Morgan fingerprint density at radius 3 is 2.32 bits per heavy atom. The van der Waals surface area contributed by atoms with Crippen LogP contribution in [0.4, 0.5) is 4.79 Å². The summed E-state index contributed by atoms with van der Waals surface area (Å²) >= 11 is 1.04. The monoisotopic (exact) mass is 352 g/mol. The minimum Gasteiger partial charge on any atom is -0.493 e. The SMILES string of the molecule is N#Cc1ccc(CCOc2ccc(CC3SC(=O)NC3=O)cc2)cc1. The van der Waals surface area contributed by atoms with Gasteiger partial charge in [0.1, 0.15) is 5.75 Å². The lowest BCUT2D eigenvalue weighted by Crippen LogP contribution is -2.25. The molecule has 2 aromatic carbocycles. The molecule has 0 spiro atoms. The maximum absolute atomic E-state index is 11.6. The average molecular weight is 352 g/mol. The van der Waals surface area contributed by atoms with E-state index < -0.39 is 0 Å². The van der Waals surface area contributed by atoms with Crippen LogP contribution in [0, 0.1) is 11.3 Å². The van der Waals surface area contributed by atoms with Crippen LogP contribution in [-0.4, -0.2) is 23.0 Å². The zero-order valence-electron chi connectivity index (χ0n) is 13.4. The van der Waals surface area contributed by atoms with Crippen molar-refractivity contribution in [2.24, 2.45) is 0 Å². The van der Waals surface area contributed by atoms with Gasteiger partial charge in [0.15, 0.2) is 0 Å². The van der Waals surface area contributed by atoms with Crippen LogP contribution in [0.2, 0.25) is 0 Å². The number of amides is 2. The second-order valence-corrected chi connectivity index (χ2v) is 6.81. The Labute approximate surface area is 150 Å². The van der Waals surface area contributed by atoms with Gasteiger partial charge in [-0.1, -0.05) is 36.0 Å². The maximum Gasteiger partial charge on any atom is 0.286 e. The molecule has 0 bridgehead atoms. The van der Waals surface area contributed by atoms with Gasteiger partial charge in [-0.15, -0.1) is 0 Å². The third-order valence-corrected chi connectivity index (χ3v) is 4.84. The Balaban J connectivity index is 1.48. The fourth-order valence-corrected chi connectivity index (χ4v) is 3.36. The number of rotatable bonds is 6. The molecule has 5 nitrogen and oxygen atoms in total. The minimum atomic E-state index is -0.351. The Morgan fingerprint density at radius 1 is 1.04 bits per heavy atom. The van der Waals surface area contributed by atoms with Gasteiger partial charge >= 0.3 is 0 Å². The molecule has 6 heteroatoms. The van der Waals surface area contributed by atoms with Crippen LogP contribution in [0.1, 0.15) is 16.7 Å². The van der Waals surface area contributed by atoms with E-state index >= 15 is 0 Å². The molecular formula is C19H16N2O3S. The second-order valence-electron chi connectivity index (χ2n) is 5.64. The number of hydrogen-bond donors (Lipinski definition) is 1. The molecule has 1 unspecified atom stereocenters. The number of nitriles is 1. The van der Waals surface area contributed by atoms with Crippen molar-refractivity contribution >= 4 is 22.9 Å². The zero-order chi connectivity index (χ0) is 17.6. The molecule has 0 radical (unpaired) electrons. The van der Waals surface area contributed by atoms with Crippen LogP contribution < -0.4 is 10.1 Å². The van der Waals surface area contributed by atoms with E-state index in [0.29, 0.717) is 18.6 Å². The van der Waals surface area contributed by atoms with Crippen molar-refractivity contribution in [2.75, 3.05) is 6.61 Å². The topological polar surface area (TPSA) is 79.2 Å². The molecule has 3 rings (SSSR count). The second kappa shape index (κ2) is 7.86. The van der Waals surface area contributed by atoms with Gasteiger partial charge in [0, 0.05) is 6.42 Å². The van der Waals surface area contributed by atoms with E-state index in [1.807, 2.05) is 36.4 Å². The molecule has 126 valence electrons. The molecule has 1 N–H and O–H groups in total. The van der Waals surface area contributed by atoms with E-state index in [-0.39, 0.29) is 16.4 Å². The number of hydrogen-bond acceptors (Lipinski definition) is 5. The average Bonchev–Trinajstić information content (AvgIpc) is 2.94. The predicted octanol–water partition coefficient (Wildman–Crippen LogP) is 3.07. The number of ether oxygens (including phenoxy) is 1. The summed E-state index contributed by atoms with van der Waals surface area (Å²) in [5, 5.41) is 10.4. The van der Waals surface area contributed by atoms with Gasteiger partial charge in [0.05, 0.1) is 23.5 Å². The molecule has 1 aliphatic heterocycles. The van der Waals surface area contributed by atoms with Crippen LogP contribution in [-0.2, 0) is 17.6 Å². The van der Waals surface area contributed by atoms with Gasteiger partial charge in [-0.2, -0.15) is 5.26 Å². The molecule has 0 aromatic heterocycles. The van der Waals surface area contributed by atoms with Crippen molar-refractivity contribution in [1.82, 2.24) is 5.32 Å². The first-order chi connectivity index (χ1) is 12.1. The van der Waals surface area contributed by atoms with Gasteiger partial charge in [-0.25, -0.2) is 0 Å². The summed E-state index contributed by atoms with van der Waals surface area (Å²) in [6.07, 6.45) is 1.28. The van der Waals surface area contributed by atoms with E-state index in [1.54, 1.807) is 12.1 Å². The minimum absolute atomic E-state index is 0.224. The highest BCUT2D eigenvalue weighted by molar-refractivity contribution is 8.15. The van der Waals surface area contributed by atoms with Crippen molar-refractivity contribution in [1.29, 1.82) is 5.26 Å². The van der Waals surface area contributed by atoms with Crippen LogP contribution in [0.25, 0.3) is 0 Å². The van der Waals surface area contributed by atoms with Crippen molar-refractivity contribution in [3.05, 3.63) is 65.2 Å². The van der Waals surface area contributed by atoms with Gasteiger partial charge in [-0.3, -0.25) is 14.9 Å². The number of nitrogens with one attached hydrogen (secondary N) is 1. The Kier molecular flexibility index (Phi) is 5.36. The smallest absolute Gasteiger partial charge is 0.286 e. The van der Waals surface area contributed by atoms with Crippen molar-refractivity contribution < 1.29 is 14.3 Å². The lowest BCUT2D eigenvalue weighted by atomic mass is 10.1. The van der Waals surface area contributed by atoms with Gasteiger partial charge < -0.3 is 4.74 Å². The normalized spacial score (nSPS) is 16.4. The van der Waals surface area contributed by atoms with Gasteiger partial charge in [-0.05, 0) is 41.8 Å². The number of carbonyl (C=O) groups is 2. The Morgan fingerprint density at radius 2 is 1.72 bits per heavy atom. The molecule has 1 heterocycles. The number of carbonyl (C=O) groups excluding carboxylic acids is 2. The number of nitrogens with zero attached hydrogens (tertiary/aromatic N) is 1. The Hall–Kier alpha value is -2.78. The predicted molar refractivity (Wildman–Crippen MR) is 95.4 cm³/mol. The molecule has 25 heavy (non-hydrogen) atoms. The first-order valence-corrected chi connectivity index (χ1v) is 8.74. The van der Waals surface area contributed by atoms with Crippen LogP contribution in [0.5, 0.6) is 5.75 Å². The lowest BCUT2D eigenvalue weighted by Gasteiger charge is -2.09. The first-order valence-electron chi connectivity index (χ1n) is 7.86. The first kappa shape index (κ1) is 17.1. The van der Waals surface area contributed by atoms with Gasteiger partial charge in [0.2, 0.25) is 5.91 Å². The molecular weight excluding hydrogens is 336 g/mol. The van der Waals surface area contributed by atoms with Crippen molar-refractivity contribution in [2.45, 2.75) is 18.1 Å². The zero-order valence-corrected chi connectivity index (χ0v) is 14.2. The highest BCUT2D eigenvalue weighted by Gasteiger charge is 2.31. The quantitative estimate of drug-likeness (QED) is 0.864. The molecule has 0 saturated carbocycles. The molecule has 1 saturated heterocycles. The Bertz CT molecular complexity index is 810. The largest absolute Gasteiger partial charge is 0.493 e. The van der Waals surface area contributed by atoms with Crippen molar-refractivity contribution in [3.8, 4) is 11.8 Å². The molecule has 1 aliphatic rings. The summed E-state index contributed by atoms with van der Waals surface area (Å²) < 4.78 is 5.73. The number of thioether (sulfide) groups is 1. The highest BCUT2D eigenvalue weighted by Crippen LogP contribution is 2.23. The fourth-order valence-electron chi connectivity index (χ4n) is 2.50. The lowest BCUT2D eigenvalue weighted by molar-refractivity contribution is -0.118. The van der Waals surface area contributed by atoms with Crippen LogP contribution in [0.3, 0.4) is 0 Å². The van der Waals surface area contributed by atoms with Crippen LogP contribution in [0.15, 0.2) is 48.5 Å². The van der Waals surface area contributed by atoms with E-state index in [9.17, 15) is 9.59 Å². The standard InChI is InChI=1S/C19H16N2O3S/c20-12-15-3-1-13(2-4-15)9-10-24-16-7-5-14(6-8-16)11-17-18(22)21-19(23)25-17/h1-8,17H,9-11H2,(H,21,22,23). The van der Waals surface area contributed by atoms with E-state index in [2.05, 4.69) is 11.4 Å². The summed E-state index contributed by atoms with van der Waals surface area (Å²) in [5.41, 5.74) is 2.75. The van der Waals surface area contributed by atoms with Crippen molar-refractivity contribution in [3.63, 3.8) is 0 Å². The van der Waals surface area contributed by atoms with Gasteiger partial charge in [0.25, 0.3) is 5.24 Å². The summed E-state index contributed by atoms with van der Waals surface area (Å²) in [6, 6.07) is 17.1. The molecule has 1 atom stereocenters. The highest BCUT2D eigenvalue weighted by atomic mass is 32.2. The fraction of sp³-hybridized carbons (Fsp3) is 0.211. The molecule has 2 aromatic rings. The maximum atomic E-state index is 11.6. The molecule has 2 amide bonds. The molecule has 0 aliphatic carbocycles. The van der Waals surface area contributed by atoms with E-state index in [0.717, 1.165) is 35.1 Å². The summed E-state index contributed by atoms with van der Waals surface area (Å²) in [4.78, 5) is 22.8. The third-order valence-electron chi connectivity index (χ3n) is 3.85. The summed E-state index contributed by atoms with van der Waals surface area (Å²) in [7, 11) is 0.